The van der Waals surface area contributed by atoms with Crippen LogP contribution in [0.4, 0.5) is 8.78 Å². The summed E-state index contributed by atoms with van der Waals surface area (Å²) >= 11 is 3.47. The van der Waals surface area contributed by atoms with Crippen LogP contribution in [0.1, 0.15) is 22.7 Å². The van der Waals surface area contributed by atoms with Crippen molar-refractivity contribution >= 4 is 15.9 Å². The van der Waals surface area contributed by atoms with Gasteiger partial charge in [-0.1, -0.05) is 22.0 Å². The fourth-order valence-electron chi connectivity index (χ4n) is 2.29. The molecule has 0 aromatic heterocycles. The number of hydrogen-bond donors (Lipinski definition) is 1. The first-order valence-electron chi connectivity index (χ1n) is 6.44. The molecule has 2 nitrogen and oxygen atoms in total. The quantitative estimate of drug-likeness (QED) is 0.879. The monoisotopic (exact) mass is 355 g/mol. The molecule has 5 heteroatoms. The molecule has 0 saturated heterocycles. The van der Waals surface area contributed by atoms with Crippen molar-refractivity contribution in [3.8, 4) is 5.75 Å². The van der Waals surface area contributed by atoms with Gasteiger partial charge in [0.25, 0.3) is 0 Å². The van der Waals surface area contributed by atoms with E-state index < -0.39 is 17.7 Å². The van der Waals surface area contributed by atoms with Crippen molar-refractivity contribution in [1.29, 1.82) is 0 Å². The maximum absolute atomic E-state index is 14.1. The van der Waals surface area contributed by atoms with Crippen LogP contribution in [0.5, 0.6) is 5.75 Å². The molecule has 112 valence electrons. The lowest BCUT2D eigenvalue weighted by Gasteiger charge is -2.21. The first-order valence-corrected chi connectivity index (χ1v) is 7.23. The van der Waals surface area contributed by atoms with Crippen molar-refractivity contribution in [3.05, 3.63) is 63.1 Å². The van der Waals surface area contributed by atoms with E-state index in [4.69, 9.17) is 4.74 Å². The first-order chi connectivity index (χ1) is 9.97. The molecule has 0 bridgehead atoms. The second-order valence-electron chi connectivity index (χ2n) is 4.73. The van der Waals surface area contributed by atoms with E-state index in [1.54, 1.807) is 14.2 Å². The zero-order valence-electron chi connectivity index (χ0n) is 12.0. The van der Waals surface area contributed by atoms with Gasteiger partial charge in [-0.15, -0.1) is 0 Å². The highest BCUT2D eigenvalue weighted by Crippen LogP contribution is 2.35. The van der Waals surface area contributed by atoms with Crippen LogP contribution in [-0.2, 0) is 0 Å². The molecule has 0 saturated carbocycles. The molecule has 0 aliphatic rings. The molecule has 0 heterocycles. The normalized spacial score (nSPS) is 12.3. The Balaban J connectivity index is 2.58. The maximum Gasteiger partial charge on any atom is 0.131 e. The average Bonchev–Trinajstić information content (AvgIpc) is 2.45. The Kier molecular flexibility index (Phi) is 4.96. The van der Waals surface area contributed by atoms with Crippen molar-refractivity contribution in [2.24, 2.45) is 0 Å². The molecule has 21 heavy (non-hydrogen) atoms. The number of benzene rings is 2. The Labute approximate surface area is 131 Å². The summed E-state index contributed by atoms with van der Waals surface area (Å²) in [5, 5.41) is 3.05. The van der Waals surface area contributed by atoms with Gasteiger partial charge in [0.15, 0.2) is 0 Å². The van der Waals surface area contributed by atoms with E-state index in [9.17, 15) is 8.78 Å². The zero-order valence-corrected chi connectivity index (χ0v) is 13.6. The van der Waals surface area contributed by atoms with Gasteiger partial charge in [0, 0.05) is 21.7 Å². The van der Waals surface area contributed by atoms with E-state index >= 15 is 0 Å². The minimum absolute atomic E-state index is 0.368. The molecular weight excluding hydrogens is 340 g/mol. The topological polar surface area (TPSA) is 21.3 Å². The van der Waals surface area contributed by atoms with Crippen LogP contribution >= 0.6 is 15.9 Å². The lowest BCUT2D eigenvalue weighted by molar-refractivity contribution is 0.404. The number of aryl methyl sites for hydroxylation is 1. The number of halogens is 3. The zero-order chi connectivity index (χ0) is 15.6. The third kappa shape index (κ3) is 3.24. The maximum atomic E-state index is 14.1. The fourth-order valence-corrected chi connectivity index (χ4v) is 2.65. The Bertz CT molecular complexity index is 661. The third-order valence-electron chi connectivity index (χ3n) is 3.38. The molecule has 0 aliphatic heterocycles. The van der Waals surface area contributed by atoms with E-state index in [1.165, 1.54) is 12.1 Å². The third-order valence-corrected chi connectivity index (χ3v) is 4.24. The molecule has 1 atom stereocenters. The van der Waals surface area contributed by atoms with Crippen LogP contribution in [0, 0.1) is 18.6 Å². The predicted octanol–water partition coefficient (Wildman–Crippen LogP) is 4.35. The molecule has 0 radical (unpaired) electrons. The highest BCUT2D eigenvalue weighted by molar-refractivity contribution is 9.10. The lowest BCUT2D eigenvalue weighted by Crippen LogP contribution is -2.20. The van der Waals surface area contributed by atoms with Crippen LogP contribution in [0.15, 0.2) is 34.8 Å². The van der Waals surface area contributed by atoms with Gasteiger partial charge >= 0.3 is 0 Å². The molecule has 2 aromatic carbocycles. The van der Waals surface area contributed by atoms with Gasteiger partial charge in [-0.3, -0.25) is 0 Å². The largest absolute Gasteiger partial charge is 0.496 e. The minimum atomic E-state index is -0.594. The molecule has 2 rings (SSSR count). The van der Waals surface area contributed by atoms with E-state index in [0.717, 1.165) is 21.7 Å². The number of rotatable bonds is 4. The van der Waals surface area contributed by atoms with E-state index in [0.29, 0.717) is 11.3 Å². The summed E-state index contributed by atoms with van der Waals surface area (Å²) in [7, 11) is 3.29. The van der Waals surface area contributed by atoms with Crippen LogP contribution in [-0.4, -0.2) is 14.2 Å². The molecule has 0 fully saturated rings. The number of ether oxygens (including phenoxy) is 1. The van der Waals surface area contributed by atoms with Crippen molar-refractivity contribution in [3.63, 3.8) is 0 Å². The van der Waals surface area contributed by atoms with Crippen LogP contribution in [0.25, 0.3) is 0 Å². The summed E-state index contributed by atoms with van der Waals surface area (Å²) < 4.78 is 33.4. The molecule has 0 spiro atoms. The Morgan fingerprint density at radius 2 is 1.86 bits per heavy atom. The molecule has 2 aromatic rings. The van der Waals surface area contributed by atoms with Crippen molar-refractivity contribution in [1.82, 2.24) is 5.32 Å². The Hall–Kier alpha value is -1.46. The van der Waals surface area contributed by atoms with Crippen LogP contribution in [0.3, 0.4) is 0 Å². The highest BCUT2D eigenvalue weighted by atomic mass is 79.9. The summed E-state index contributed by atoms with van der Waals surface area (Å²) in [4.78, 5) is 0. The average molecular weight is 356 g/mol. The van der Waals surface area contributed by atoms with Crippen molar-refractivity contribution < 1.29 is 13.5 Å². The number of methoxy groups -OCH3 is 1. The van der Waals surface area contributed by atoms with Gasteiger partial charge in [-0.05, 0) is 37.7 Å². The van der Waals surface area contributed by atoms with Gasteiger partial charge in [-0.2, -0.15) is 0 Å². The van der Waals surface area contributed by atoms with E-state index in [-0.39, 0.29) is 0 Å². The minimum Gasteiger partial charge on any atom is -0.496 e. The molecule has 1 N–H and O–H groups in total. The van der Waals surface area contributed by atoms with Gasteiger partial charge in [0.05, 0.1) is 13.2 Å². The highest BCUT2D eigenvalue weighted by Gasteiger charge is 2.21. The van der Waals surface area contributed by atoms with Gasteiger partial charge in [0.2, 0.25) is 0 Å². The Morgan fingerprint density at radius 1 is 1.14 bits per heavy atom. The standard InChI is InChI=1S/C16H16BrF2NO/c1-9-6-15(21-3)12(8-13(9)17)16(20-2)11-5-4-10(18)7-14(11)19/h4-8,16,20H,1-3H3. The summed E-state index contributed by atoms with van der Waals surface area (Å²) in [6.45, 7) is 1.95. The van der Waals surface area contributed by atoms with Crippen molar-refractivity contribution in [2.45, 2.75) is 13.0 Å². The van der Waals surface area contributed by atoms with Crippen LogP contribution in [0.2, 0.25) is 0 Å². The smallest absolute Gasteiger partial charge is 0.131 e. The summed E-state index contributed by atoms with van der Waals surface area (Å²) in [5.41, 5.74) is 2.17. The lowest BCUT2D eigenvalue weighted by atomic mass is 9.96. The summed E-state index contributed by atoms with van der Waals surface area (Å²) in [6.07, 6.45) is 0. The van der Waals surface area contributed by atoms with Gasteiger partial charge in [-0.25, -0.2) is 8.78 Å². The second-order valence-corrected chi connectivity index (χ2v) is 5.59. The Morgan fingerprint density at radius 3 is 2.43 bits per heavy atom. The van der Waals surface area contributed by atoms with Crippen LogP contribution < -0.4 is 10.1 Å². The molecule has 0 aliphatic carbocycles. The van der Waals surface area contributed by atoms with Gasteiger partial charge < -0.3 is 10.1 Å². The second kappa shape index (κ2) is 6.54. The summed E-state index contributed by atoms with van der Waals surface area (Å²) in [6, 6.07) is 6.91. The SMILES string of the molecule is CNC(c1ccc(F)cc1F)c1cc(Br)c(C)cc1OC. The van der Waals surface area contributed by atoms with Crippen molar-refractivity contribution in [2.75, 3.05) is 14.2 Å². The number of hydrogen-bond acceptors (Lipinski definition) is 2. The molecule has 0 amide bonds. The number of nitrogens with one attached hydrogen (secondary N) is 1. The fraction of sp³-hybridized carbons (Fsp3) is 0.250. The summed E-state index contributed by atoms with van der Waals surface area (Å²) in [5.74, 6) is -0.532. The van der Waals surface area contributed by atoms with Gasteiger partial charge in [0.1, 0.15) is 17.4 Å². The predicted molar refractivity (Wildman–Crippen MR) is 82.7 cm³/mol. The molecule has 1 unspecified atom stereocenters. The van der Waals surface area contributed by atoms with E-state index in [2.05, 4.69) is 21.2 Å². The molecular formula is C16H16BrF2NO. The first kappa shape index (κ1) is 15.9. The van der Waals surface area contributed by atoms with E-state index in [1.807, 2.05) is 19.1 Å².